The zero-order valence-electron chi connectivity index (χ0n) is 14.3. The van der Waals surface area contributed by atoms with Crippen LogP contribution in [0.3, 0.4) is 0 Å². The molecule has 0 N–H and O–H groups in total. The van der Waals surface area contributed by atoms with Gasteiger partial charge in [-0.25, -0.2) is 0 Å². The van der Waals surface area contributed by atoms with E-state index in [1.165, 1.54) is 4.88 Å². The second-order valence-corrected chi connectivity index (χ2v) is 7.29. The number of hydrogen-bond acceptors (Lipinski definition) is 5. The van der Waals surface area contributed by atoms with E-state index in [0.717, 1.165) is 44.8 Å². The first-order valence-corrected chi connectivity index (χ1v) is 9.18. The predicted octanol–water partition coefficient (Wildman–Crippen LogP) is 2.13. The lowest BCUT2D eigenvalue weighted by molar-refractivity contribution is 0.0624. The van der Waals surface area contributed by atoms with Crippen LogP contribution >= 0.6 is 11.3 Å². The SMILES string of the molecule is CN(C)CCN1CCN(C(=O)c2ccc(-c3cccs3)cn2)CC1. The van der Waals surface area contributed by atoms with Crippen LogP contribution in [0, 0.1) is 0 Å². The first-order chi connectivity index (χ1) is 11.6. The minimum absolute atomic E-state index is 0.0417. The molecule has 0 radical (unpaired) electrons. The van der Waals surface area contributed by atoms with Crippen LogP contribution in [0.5, 0.6) is 0 Å². The van der Waals surface area contributed by atoms with E-state index in [2.05, 4.69) is 34.9 Å². The van der Waals surface area contributed by atoms with Crippen molar-refractivity contribution in [1.82, 2.24) is 19.7 Å². The summed E-state index contributed by atoms with van der Waals surface area (Å²) in [4.78, 5) is 24.7. The molecule has 0 aromatic carbocycles. The second-order valence-electron chi connectivity index (χ2n) is 6.35. The minimum atomic E-state index is 0.0417. The number of likely N-dealkylation sites (N-methyl/N-ethyl adjacent to an activating group) is 1. The lowest BCUT2D eigenvalue weighted by Crippen LogP contribution is -2.50. The summed E-state index contributed by atoms with van der Waals surface area (Å²) in [5, 5.41) is 2.05. The minimum Gasteiger partial charge on any atom is -0.335 e. The van der Waals surface area contributed by atoms with E-state index in [-0.39, 0.29) is 5.91 Å². The zero-order valence-corrected chi connectivity index (χ0v) is 15.1. The summed E-state index contributed by atoms with van der Waals surface area (Å²) in [6, 6.07) is 7.92. The number of aromatic nitrogens is 1. The van der Waals surface area contributed by atoms with E-state index in [4.69, 9.17) is 0 Å². The van der Waals surface area contributed by atoms with Gasteiger partial charge in [-0.05, 0) is 37.7 Å². The zero-order chi connectivity index (χ0) is 16.9. The molecule has 2 aromatic heterocycles. The normalized spacial score (nSPS) is 15.9. The molecular weight excluding hydrogens is 320 g/mol. The number of nitrogens with zero attached hydrogens (tertiary/aromatic N) is 4. The average molecular weight is 344 g/mol. The van der Waals surface area contributed by atoms with Gasteiger partial charge < -0.3 is 9.80 Å². The summed E-state index contributed by atoms with van der Waals surface area (Å²) in [5.74, 6) is 0.0417. The Bertz CT molecular complexity index is 646. The van der Waals surface area contributed by atoms with Crippen molar-refractivity contribution < 1.29 is 4.79 Å². The Morgan fingerprint density at radius 2 is 2.00 bits per heavy atom. The molecular formula is C18H24N4OS. The molecule has 24 heavy (non-hydrogen) atoms. The van der Waals surface area contributed by atoms with Crippen molar-refractivity contribution in [3.8, 4) is 10.4 Å². The molecule has 0 spiro atoms. The highest BCUT2D eigenvalue weighted by Crippen LogP contribution is 2.23. The van der Waals surface area contributed by atoms with Gasteiger partial charge in [0, 0.05) is 55.9 Å². The van der Waals surface area contributed by atoms with Gasteiger partial charge in [0.05, 0.1) is 0 Å². The molecule has 2 aromatic rings. The van der Waals surface area contributed by atoms with Crippen LogP contribution in [0.15, 0.2) is 35.8 Å². The van der Waals surface area contributed by atoms with Gasteiger partial charge in [0.15, 0.2) is 0 Å². The van der Waals surface area contributed by atoms with Crippen molar-refractivity contribution in [1.29, 1.82) is 0 Å². The van der Waals surface area contributed by atoms with Crippen molar-refractivity contribution in [2.75, 3.05) is 53.4 Å². The number of thiophene rings is 1. The van der Waals surface area contributed by atoms with Crippen LogP contribution in [0.1, 0.15) is 10.5 Å². The smallest absolute Gasteiger partial charge is 0.272 e. The van der Waals surface area contributed by atoms with Crippen LogP contribution in [0.4, 0.5) is 0 Å². The van der Waals surface area contributed by atoms with Gasteiger partial charge in [-0.1, -0.05) is 6.07 Å². The van der Waals surface area contributed by atoms with Gasteiger partial charge in [0.1, 0.15) is 5.69 Å². The first-order valence-electron chi connectivity index (χ1n) is 8.30. The van der Waals surface area contributed by atoms with E-state index in [9.17, 15) is 4.79 Å². The highest BCUT2D eigenvalue weighted by molar-refractivity contribution is 7.13. The fourth-order valence-corrected chi connectivity index (χ4v) is 3.50. The Hall–Kier alpha value is -1.76. The van der Waals surface area contributed by atoms with Crippen LogP contribution in [0.25, 0.3) is 10.4 Å². The summed E-state index contributed by atoms with van der Waals surface area (Å²) in [6.45, 7) is 5.55. The van der Waals surface area contributed by atoms with E-state index in [1.807, 2.05) is 28.5 Å². The van der Waals surface area contributed by atoms with E-state index >= 15 is 0 Å². The maximum absolute atomic E-state index is 12.6. The molecule has 0 atom stereocenters. The molecule has 3 rings (SSSR count). The van der Waals surface area contributed by atoms with Crippen molar-refractivity contribution >= 4 is 17.2 Å². The number of hydrogen-bond donors (Lipinski definition) is 0. The lowest BCUT2D eigenvalue weighted by Gasteiger charge is -2.35. The molecule has 0 unspecified atom stereocenters. The summed E-state index contributed by atoms with van der Waals surface area (Å²) >= 11 is 1.68. The molecule has 0 aliphatic carbocycles. The third-order valence-electron chi connectivity index (χ3n) is 4.31. The average Bonchev–Trinajstić information content (AvgIpc) is 3.14. The lowest BCUT2D eigenvalue weighted by atomic mass is 10.2. The second kappa shape index (κ2) is 7.88. The van der Waals surface area contributed by atoms with Crippen LogP contribution in [-0.2, 0) is 0 Å². The van der Waals surface area contributed by atoms with E-state index < -0.39 is 0 Å². The fourth-order valence-electron chi connectivity index (χ4n) is 2.79. The molecule has 1 aliphatic rings. The maximum atomic E-state index is 12.6. The van der Waals surface area contributed by atoms with E-state index in [1.54, 1.807) is 17.5 Å². The van der Waals surface area contributed by atoms with Crippen molar-refractivity contribution in [3.05, 3.63) is 41.5 Å². The predicted molar refractivity (Wildman–Crippen MR) is 98.4 cm³/mol. The molecule has 6 heteroatoms. The summed E-state index contributed by atoms with van der Waals surface area (Å²) in [6.07, 6.45) is 1.80. The summed E-state index contributed by atoms with van der Waals surface area (Å²) in [7, 11) is 4.18. The Morgan fingerprint density at radius 1 is 1.21 bits per heavy atom. The van der Waals surface area contributed by atoms with Crippen LogP contribution < -0.4 is 0 Å². The number of amides is 1. The highest BCUT2D eigenvalue weighted by Gasteiger charge is 2.22. The van der Waals surface area contributed by atoms with E-state index in [0.29, 0.717) is 5.69 Å². The van der Waals surface area contributed by atoms with Gasteiger partial charge in [-0.15, -0.1) is 11.3 Å². The Morgan fingerprint density at radius 3 is 2.58 bits per heavy atom. The van der Waals surface area contributed by atoms with Crippen molar-refractivity contribution in [2.24, 2.45) is 0 Å². The fraction of sp³-hybridized carbons (Fsp3) is 0.444. The van der Waals surface area contributed by atoms with Crippen LogP contribution in [-0.4, -0.2) is 79.0 Å². The molecule has 0 bridgehead atoms. The largest absolute Gasteiger partial charge is 0.335 e. The Labute approximate surface area is 147 Å². The summed E-state index contributed by atoms with van der Waals surface area (Å²) < 4.78 is 0. The monoisotopic (exact) mass is 344 g/mol. The Kier molecular flexibility index (Phi) is 5.60. The maximum Gasteiger partial charge on any atom is 0.272 e. The third-order valence-corrected chi connectivity index (χ3v) is 5.23. The quantitative estimate of drug-likeness (QED) is 0.833. The van der Waals surface area contributed by atoms with Gasteiger partial charge in [0.25, 0.3) is 5.91 Å². The van der Waals surface area contributed by atoms with Gasteiger partial charge in [-0.2, -0.15) is 0 Å². The molecule has 0 saturated carbocycles. The molecule has 5 nitrogen and oxygen atoms in total. The molecule has 1 fully saturated rings. The number of rotatable bonds is 5. The molecule has 1 saturated heterocycles. The molecule has 128 valence electrons. The van der Waals surface area contributed by atoms with Crippen molar-refractivity contribution in [2.45, 2.75) is 0 Å². The number of carbonyl (C=O) groups excluding carboxylic acids is 1. The van der Waals surface area contributed by atoms with Gasteiger partial charge >= 0.3 is 0 Å². The highest BCUT2D eigenvalue weighted by atomic mass is 32.1. The topological polar surface area (TPSA) is 39.7 Å². The Balaban J connectivity index is 1.55. The first kappa shape index (κ1) is 17.1. The number of carbonyl (C=O) groups is 1. The number of piperazine rings is 1. The standard InChI is InChI=1S/C18H24N4OS/c1-20(2)7-8-21-9-11-22(12-10-21)18(23)16-6-5-15(14-19-16)17-4-3-13-24-17/h3-6,13-14H,7-12H2,1-2H3. The summed E-state index contributed by atoms with van der Waals surface area (Å²) in [5.41, 5.74) is 1.60. The van der Waals surface area contributed by atoms with Crippen molar-refractivity contribution in [3.63, 3.8) is 0 Å². The number of pyridine rings is 1. The molecule has 3 heterocycles. The third kappa shape index (κ3) is 4.20. The van der Waals surface area contributed by atoms with Crippen LogP contribution in [0.2, 0.25) is 0 Å². The van der Waals surface area contributed by atoms with Gasteiger partial charge in [0.2, 0.25) is 0 Å². The molecule has 1 aliphatic heterocycles. The molecule has 1 amide bonds. The van der Waals surface area contributed by atoms with Gasteiger partial charge in [-0.3, -0.25) is 14.7 Å².